The van der Waals surface area contributed by atoms with Gasteiger partial charge in [-0.15, -0.1) is 0 Å². The van der Waals surface area contributed by atoms with Gasteiger partial charge in [-0.3, -0.25) is 4.79 Å². The molecule has 0 fully saturated rings. The van der Waals surface area contributed by atoms with E-state index in [0.717, 1.165) is 0 Å². The number of rotatable bonds is 5. The highest BCUT2D eigenvalue weighted by molar-refractivity contribution is 5.95. The molecule has 106 valence electrons. The number of nitrogens with zero attached hydrogens (tertiary/aromatic N) is 1. The predicted molar refractivity (Wildman–Crippen MR) is 74.0 cm³/mol. The summed E-state index contributed by atoms with van der Waals surface area (Å²) < 4.78 is 10.3. The lowest BCUT2D eigenvalue weighted by atomic mass is 10.1. The molecule has 1 heterocycles. The molecule has 2 rings (SSSR count). The maximum Gasteiger partial charge on any atom is 0.252 e. The molecule has 2 aromatic rings. The number of aromatic amines is 1. The SMILES string of the molecule is COc1cc(OC)cc(C(=O)NC(C)c2ncc[nH]2)c1. The van der Waals surface area contributed by atoms with Gasteiger partial charge in [-0.05, 0) is 19.1 Å². The Morgan fingerprint density at radius 1 is 1.25 bits per heavy atom. The van der Waals surface area contributed by atoms with Crippen molar-refractivity contribution in [3.05, 3.63) is 42.0 Å². The highest BCUT2D eigenvalue weighted by atomic mass is 16.5. The Bertz CT molecular complexity index is 559. The van der Waals surface area contributed by atoms with Crippen molar-refractivity contribution in [2.24, 2.45) is 0 Å². The Hall–Kier alpha value is -2.50. The van der Waals surface area contributed by atoms with Crippen molar-refractivity contribution in [2.75, 3.05) is 14.2 Å². The van der Waals surface area contributed by atoms with Crippen LogP contribution >= 0.6 is 0 Å². The van der Waals surface area contributed by atoms with E-state index in [0.29, 0.717) is 22.9 Å². The molecule has 0 saturated carbocycles. The van der Waals surface area contributed by atoms with Crippen LogP contribution in [0.15, 0.2) is 30.6 Å². The van der Waals surface area contributed by atoms with Crippen molar-refractivity contribution in [3.8, 4) is 11.5 Å². The average molecular weight is 275 g/mol. The molecule has 0 radical (unpaired) electrons. The zero-order valence-electron chi connectivity index (χ0n) is 11.6. The first-order chi connectivity index (χ1) is 9.63. The van der Waals surface area contributed by atoms with Gasteiger partial charge in [0.1, 0.15) is 17.3 Å². The smallest absolute Gasteiger partial charge is 0.252 e. The number of carbonyl (C=O) groups excluding carboxylic acids is 1. The van der Waals surface area contributed by atoms with Crippen LogP contribution in [0.2, 0.25) is 0 Å². The molecular weight excluding hydrogens is 258 g/mol. The van der Waals surface area contributed by atoms with Crippen LogP contribution in [0, 0.1) is 0 Å². The molecule has 1 amide bonds. The van der Waals surface area contributed by atoms with Gasteiger partial charge in [-0.2, -0.15) is 0 Å². The molecule has 6 heteroatoms. The van der Waals surface area contributed by atoms with Gasteiger partial charge in [-0.25, -0.2) is 4.98 Å². The van der Waals surface area contributed by atoms with Crippen LogP contribution in [-0.2, 0) is 0 Å². The molecule has 0 aliphatic rings. The van der Waals surface area contributed by atoms with E-state index in [1.807, 2.05) is 6.92 Å². The minimum atomic E-state index is -0.217. The van der Waals surface area contributed by atoms with E-state index in [1.165, 1.54) is 0 Å². The summed E-state index contributed by atoms with van der Waals surface area (Å²) in [6, 6.07) is 4.82. The Kier molecular flexibility index (Phi) is 4.24. The minimum Gasteiger partial charge on any atom is -0.497 e. The highest BCUT2D eigenvalue weighted by Gasteiger charge is 2.14. The number of amides is 1. The molecular formula is C14H17N3O3. The molecule has 0 aliphatic carbocycles. The van der Waals surface area contributed by atoms with Gasteiger partial charge in [0.2, 0.25) is 0 Å². The normalized spacial score (nSPS) is 11.8. The Morgan fingerprint density at radius 3 is 2.40 bits per heavy atom. The molecule has 1 aromatic heterocycles. The van der Waals surface area contributed by atoms with Crippen molar-refractivity contribution >= 4 is 5.91 Å². The number of carbonyl (C=O) groups is 1. The molecule has 2 N–H and O–H groups in total. The number of hydrogen-bond donors (Lipinski definition) is 2. The van der Waals surface area contributed by atoms with Crippen molar-refractivity contribution in [2.45, 2.75) is 13.0 Å². The Labute approximate surface area is 117 Å². The quantitative estimate of drug-likeness (QED) is 0.874. The van der Waals surface area contributed by atoms with Gasteiger partial charge in [0.25, 0.3) is 5.91 Å². The number of H-pyrrole nitrogens is 1. The summed E-state index contributed by atoms with van der Waals surface area (Å²) in [6.07, 6.45) is 3.36. The first-order valence-electron chi connectivity index (χ1n) is 6.17. The van der Waals surface area contributed by atoms with Crippen LogP contribution < -0.4 is 14.8 Å². The maximum atomic E-state index is 12.2. The topological polar surface area (TPSA) is 76.2 Å². The Morgan fingerprint density at radius 2 is 1.90 bits per heavy atom. The third-order valence-electron chi connectivity index (χ3n) is 2.89. The fourth-order valence-electron chi connectivity index (χ4n) is 1.80. The third-order valence-corrected chi connectivity index (χ3v) is 2.89. The molecule has 1 aromatic carbocycles. The molecule has 0 spiro atoms. The summed E-state index contributed by atoms with van der Waals surface area (Å²) in [5, 5.41) is 2.86. The Balaban J connectivity index is 2.16. The second-order valence-electron chi connectivity index (χ2n) is 4.27. The fraction of sp³-hybridized carbons (Fsp3) is 0.286. The van der Waals surface area contributed by atoms with Gasteiger partial charge >= 0.3 is 0 Å². The summed E-state index contributed by atoms with van der Waals surface area (Å²) >= 11 is 0. The van der Waals surface area contributed by atoms with E-state index in [-0.39, 0.29) is 11.9 Å². The van der Waals surface area contributed by atoms with Crippen molar-refractivity contribution in [3.63, 3.8) is 0 Å². The number of ether oxygens (including phenoxy) is 2. The van der Waals surface area contributed by atoms with Crippen LogP contribution in [0.4, 0.5) is 0 Å². The summed E-state index contributed by atoms with van der Waals surface area (Å²) in [5.41, 5.74) is 0.472. The standard InChI is InChI=1S/C14H17N3O3/c1-9(13-15-4-5-16-13)17-14(18)10-6-11(19-2)8-12(7-10)20-3/h4-9H,1-3H3,(H,15,16)(H,17,18). The van der Waals surface area contributed by atoms with Crippen LogP contribution in [0.1, 0.15) is 29.1 Å². The maximum absolute atomic E-state index is 12.2. The number of aromatic nitrogens is 2. The zero-order valence-corrected chi connectivity index (χ0v) is 11.6. The summed E-state index contributed by atoms with van der Waals surface area (Å²) in [7, 11) is 3.09. The summed E-state index contributed by atoms with van der Waals surface area (Å²) in [6.45, 7) is 1.86. The van der Waals surface area contributed by atoms with Crippen molar-refractivity contribution in [1.29, 1.82) is 0 Å². The number of methoxy groups -OCH3 is 2. The van der Waals surface area contributed by atoms with Gasteiger partial charge < -0.3 is 19.8 Å². The lowest BCUT2D eigenvalue weighted by molar-refractivity contribution is 0.0937. The molecule has 20 heavy (non-hydrogen) atoms. The molecule has 1 atom stereocenters. The van der Waals surface area contributed by atoms with Gasteiger partial charge in [0.05, 0.1) is 20.3 Å². The predicted octanol–water partition coefficient (Wildman–Crippen LogP) is 1.92. The van der Waals surface area contributed by atoms with Gasteiger partial charge in [0, 0.05) is 24.0 Å². The molecule has 6 nitrogen and oxygen atoms in total. The minimum absolute atomic E-state index is 0.213. The fourth-order valence-corrected chi connectivity index (χ4v) is 1.80. The summed E-state index contributed by atoms with van der Waals surface area (Å²) in [5.74, 6) is 1.62. The van der Waals surface area contributed by atoms with E-state index in [9.17, 15) is 4.79 Å². The van der Waals surface area contributed by atoms with E-state index < -0.39 is 0 Å². The first kappa shape index (κ1) is 13.9. The van der Waals surface area contributed by atoms with Crippen LogP contribution in [0.5, 0.6) is 11.5 Å². The van der Waals surface area contributed by atoms with Crippen molar-refractivity contribution < 1.29 is 14.3 Å². The van der Waals surface area contributed by atoms with Crippen LogP contribution in [-0.4, -0.2) is 30.1 Å². The second-order valence-corrected chi connectivity index (χ2v) is 4.27. The molecule has 0 saturated heterocycles. The van der Waals surface area contributed by atoms with Crippen LogP contribution in [0.25, 0.3) is 0 Å². The van der Waals surface area contributed by atoms with E-state index >= 15 is 0 Å². The number of benzene rings is 1. The van der Waals surface area contributed by atoms with Gasteiger partial charge in [-0.1, -0.05) is 0 Å². The lowest BCUT2D eigenvalue weighted by Gasteiger charge is -2.13. The molecule has 0 aliphatic heterocycles. The molecule has 1 unspecified atom stereocenters. The van der Waals surface area contributed by atoms with E-state index in [1.54, 1.807) is 44.8 Å². The number of imidazole rings is 1. The molecule has 0 bridgehead atoms. The monoisotopic (exact) mass is 275 g/mol. The van der Waals surface area contributed by atoms with Crippen molar-refractivity contribution in [1.82, 2.24) is 15.3 Å². The third kappa shape index (κ3) is 3.09. The van der Waals surface area contributed by atoms with E-state index in [2.05, 4.69) is 15.3 Å². The average Bonchev–Trinajstić information content (AvgIpc) is 3.00. The highest BCUT2D eigenvalue weighted by Crippen LogP contribution is 2.22. The van der Waals surface area contributed by atoms with Crippen LogP contribution in [0.3, 0.4) is 0 Å². The number of hydrogen-bond acceptors (Lipinski definition) is 4. The summed E-state index contributed by atoms with van der Waals surface area (Å²) in [4.78, 5) is 19.3. The van der Waals surface area contributed by atoms with Gasteiger partial charge in [0.15, 0.2) is 0 Å². The lowest BCUT2D eigenvalue weighted by Crippen LogP contribution is -2.27. The first-order valence-corrected chi connectivity index (χ1v) is 6.17. The largest absolute Gasteiger partial charge is 0.497 e. The zero-order chi connectivity index (χ0) is 14.5. The number of nitrogens with one attached hydrogen (secondary N) is 2. The second kappa shape index (κ2) is 6.10. The van der Waals surface area contributed by atoms with E-state index in [4.69, 9.17) is 9.47 Å².